The first kappa shape index (κ1) is 12.8. The molecule has 1 heterocycles. The summed E-state index contributed by atoms with van der Waals surface area (Å²) in [6.45, 7) is 1.81. The molecular weight excluding hydrogens is 251 g/mol. The van der Waals surface area contributed by atoms with Crippen molar-refractivity contribution in [1.29, 1.82) is 0 Å². The molecule has 3 rings (SSSR count). The summed E-state index contributed by atoms with van der Waals surface area (Å²) in [5.74, 6) is -0.301. The lowest BCUT2D eigenvalue weighted by Gasteiger charge is -2.27. The summed E-state index contributed by atoms with van der Waals surface area (Å²) >= 11 is 0. The Hall–Kier alpha value is -2.26. The normalized spacial score (nSPS) is 14.2. The first-order valence-electron chi connectivity index (χ1n) is 6.49. The Morgan fingerprint density at radius 1 is 0.950 bits per heavy atom. The van der Waals surface area contributed by atoms with E-state index in [0.29, 0.717) is 5.56 Å². The van der Waals surface area contributed by atoms with Crippen molar-refractivity contribution in [1.82, 2.24) is 4.98 Å². The molecule has 0 amide bonds. The van der Waals surface area contributed by atoms with E-state index in [-0.39, 0.29) is 5.82 Å². The molecule has 20 heavy (non-hydrogen) atoms. The summed E-state index contributed by atoms with van der Waals surface area (Å²) in [5, 5.41) is 0.998. The van der Waals surface area contributed by atoms with Crippen LogP contribution in [0.15, 0.2) is 60.8 Å². The van der Waals surface area contributed by atoms with Gasteiger partial charge in [0.2, 0.25) is 0 Å². The Bertz CT molecular complexity index is 760. The fourth-order valence-electron chi connectivity index (χ4n) is 2.55. The van der Waals surface area contributed by atoms with Gasteiger partial charge in [-0.05, 0) is 19.1 Å². The van der Waals surface area contributed by atoms with Crippen LogP contribution >= 0.6 is 0 Å². The lowest BCUT2D eigenvalue weighted by molar-refractivity contribution is 0.533. The van der Waals surface area contributed by atoms with Gasteiger partial charge < -0.3 is 5.73 Å². The number of nitrogens with two attached hydrogens (primary N) is 1. The Balaban J connectivity index is 2.27. The molecule has 0 fully saturated rings. The van der Waals surface area contributed by atoms with Gasteiger partial charge in [-0.25, -0.2) is 4.39 Å². The molecule has 0 aliphatic carbocycles. The number of rotatable bonds is 2. The summed E-state index contributed by atoms with van der Waals surface area (Å²) in [5.41, 5.74) is 7.61. The zero-order chi connectivity index (χ0) is 14.2. The predicted molar refractivity (Wildman–Crippen MR) is 78.8 cm³/mol. The average Bonchev–Trinajstić information content (AvgIpc) is 2.47. The zero-order valence-electron chi connectivity index (χ0n) is 11.2. The second kappa shape index (κ2) is 4.69. The number of aromatic nitrogens is 1. The van der Waals surface area contributed by atoms with E-state index >= 15 is 0 Å². The third-order valence-corrected chi connectivity index (χ3v) is 3.63. The number of nitrogens with zero attached hydrogens (tertiary/aromatic N) is 1. The van der Waals surface area contributed by atoms with E-state index in [1.807, 2.05) is 37.3 Å². The Labute approximate surface area is 117 Å². The maximum atomic E-state index is 14.1. The van der Waals surface area contributed by atoms with E-state index in [0.717, 1.165) is 16.5 Å². The minimum Gasteiger partial charge on any atom is -0.318 e. The molecule has 0 saturated heterocycles. The molecule has 1 unspecified atom stereocenters. The Morgan fingerprint density at radius 3 is 2.45 bits per heavy atom. The molecule has 2 aromatic carbocycles. The highest BCUT2D eigenvalue weighted by molar-refractivity contribution is 5.83. The van der Waals surface area contributed by atoms with Gasteiger partial charge in [0.15, 0.2) is 0 Å². The minimum absolute atomic E-state index is 0.301. The summed E-state index contributed by atoms with van der Waals surface area (Å²) in [7, 11) is 0. The highest BCUT2D eigenvalue weighted by Gasteiger charge is 2.28. The Kier molecular flexibility index (Phi) is 2.99. The van der Waals surface area contributed by atoms with Crippen molar-refractivity contribution in [2.75, 3.05) is 0 Å². The van der Waals surface area contributed by atoms with Crippen molar-refractivity contribution in [3.63, 3.8) is 0 Å². The second-order valence-electron chi connectivity index (χ2n) is 5.06. The fraction of sp³-hybridized carbons (Fsp3) is 0.118. The third-order valence-electron chi connectivity index (χ3n) is 3.63. The molecular formula is C17H15FN2. The number of halogens is 1. The van der Waals surface area contributed by atoms with Crippen molar-refractivity contribution >= 4 is 10.9 Å². The highest BCUT2D eigenvalue weighted by Crippen LogP contribution is 2.32. The third kappa shape index (κ3) is 1.96. The van der Waals surface area contributed by atoms with Gasteiger partial charge in [0, 0.05) is 22.7 Å². The lowest BCUT2D eigenvalue weighted by Crippen LogP contribution is -2.35. The van der Waals surface area contributed by atoms with Crippen LogP contribution in [-0.4, -0.2) is 4.98 Å². The zero-order valence-corrected chi connectivity index (χ0v) is 11.2. The standard InChI is InChI=1S/C17H15FN2/c1-17(19,13-8-2-3-10-15(13)18)14-9-4-6-12-7-5-11-20-16(12)14/h2-11H,19H2,1H3. The van der Waals surface area contributed by atoms with Crippen LogP contribution in [0.4, 0.5) is 4.39 Å². The molecule has 100 valence electrons. The first-order valence-corrected chi connectivity index (χ1v) is 6.49. The van der Waals surface area contributed by atoms with Crippen molar-refractivity contribution in [3.8, 4) is 0 Å². The summed E-state index contributed by atoms with van der Waals surface area (Å²) in [6.07, 6.45) is 1.73. The van der Waals surface area contributed by atoms with Crippen molar-refractivity contribution < 1.29 is 4.39 Å². The van der Waals surface area contributed by atoms with Crippen molar-refractivity contribution in [2.45, 2.75) is 12.5 Å². The van der Waals surface area contributed by atoms with Crippen LogP contribution in [0, 0.1) is 5.82 Å². The van der Waals surface area contributed by atoms with E-state index < -0.39 is 5.54 Å². The van der Waals surface area contributed by atoms with Crippen LogP contribution in [-0.2, 0) is 5.54 Å². The maximum Gasteiger partial charge on any atom is 0.128 e. The van der Waals surface area contributed by atoms with E-state index in [4.69, 9.17) is 5.73 Å². The van der Waals surface area contributed by atoms with Crippen molar-refractivity contribution in [2.24, 2.45) is 5.73 Å². The van der Waals surface area contributed by atoms with E-state index in [2.05, 4.69) is 4.98 Å². The summed E-state index contributed by atoms with van der Waals surface area (Å²) < 4.78 is 14.1. The maximum absolute atomic E-state index is 14.1. The number of hydrogen-bond donors (Lipinski definition) is 1. The molecule has 0 aliphatic heterocycles. The largest absolute Gasteiger partial charge is 0.318 e. The summed E-state index contributed by atoms with van der Waals surface area (Å²) in [4.78, 5) is 4.40. The minimum atomic E-state index is -0.931. The molecule has 1 aromatic heterocycles. The second-order valence-corrected chi connectivity index (χ2v) is 5.06. The van der Waals surface area contributed by atoms with Crippen LogP contribution in [0.5, 0.6) is 0 Å². The van der Waals surface area contributed by atoms with Gasteiger partial charge in [0.05, 0.1) is 11.1 Å². The molecule has 1 atom stereocenters. The molecule has 0 bridgehead atoms. The van der Waals surface area contributed by atoms with Gasteiger partial charge in [-0.3, -0.25) is 4.98 Å². The molecule has 0 saturated carbocycles. The van der Waals surface area contributed by atoms with Crippen LogP contribution < -0.4 is 5.73 Å². The molecule has 3 heteroatoms. The van der Waals surface area contributed by atoms with Crippen LogP contribution in [0.2, 0.25) is 0 Å². The smallest absolute Gasteiger partial charge is 0.128 e. The van der Waals surface area contributed by atoms with Gasteiger partial charge in [-0.15, -0.1) is 0 Å². The summed E-state index contributed by atoms with van der Waals surface area (Å²) in [6, 6.07) is 16.3. The highest BCUT2D eigenvalue weighted by atomic mass is 19.1. The number of para-hydroxylation sites is 1. The number of fused-ring (bicyclic) bond motifs is 1. The van der Waals surface area contributed by atoms with E-state index in [1.54, 1.807) is 24.4 Å². The molecule has 2 N–H and O–H groups in total. The fourth-order valence-corrected chi connectivity index (χ4v) is 2.55. The van der Waals surface area contributed by atoms with Crippen LogP contribution in [0.25, 0.3) is 10.9 Å². The van der Waals surface area contributed by atoms with Crippen LogP contribution in [0.3, 0.4) is 0 Å². The quantitative estimate of drug-likeness (QED) is 0.769. The number of benzene rings is 2. The SMILES string of the molecule is CC(N)(c1ccccc1F)c1cccc2cccnc12. The van der Waals surface area contributed by atoms with Gasteiger partial charge in [0.25, 0.3) is 0 Å². The number of hydrogen-bond acceptors (Lipinski definition) is 2. The molecule has 3 aromatic rings. The van der Waals surface area contributed by atoms with Crippen LogP contribution in [0.1, 0.15) is 18.1 Å². The Morgan fingerprint density at radius 2 is 1.65 bits per heavy atom. The lowest BCUT2D eigenvalue weighted by atomic mass is 9.84. The van der Waals surface area contributed by atoms with Gasteiger partial charge in [-0.2, -0.15) is 0 Å². The molecule has 0 spiro atoms. The topological polar surface area (TPSA) is 38.9 Å². The van der Waals surface area contributed by atoms with Gasteiger partial charge >= 0.3 is 0 Å². The van der Waals surface area contributed by atoms with E-state index in [9.17, 15) is 4.39 Å². The molecule has 0 radical (unpaired) electrons. The molecule has 0 aliphatic rings. The van der Waals surface area contributed by atoms with Crippen molar-refractivity contribution in [3.05, 3.63) is 77.7 Å². The predicted octanol–water partition coefficient (Wildman–Crippen LogP) is 3.60. The average molecular weight is 266 g/mol. The van der Waals surface area contributed by atoms with Gasteiger partial charge in [-0.1, -0.05) is 42.5 Å². The van der Waals surface area contributed by atoms with E-state index in [1.165, 1.54) is 6.07 Å². The van der Waals surface area contributed by atoms with Gasteiger partial charge in [0.1, 0.15) is 5.82 Å². The monoisotopic (exact) mass is 266 g/mol. The molecule has 2 nitrogen and oxygen atoms in total. The number of pyridine rings is 1. The first-order chi connectivity index (χ1) is 9.60.